The molecule has 0 N–H and O–H groups in total. The van der Waals surface area contributed by atoms with Crippen LogP contribution in [0.1, 0.15) is 17.2 Å². The van der Waals surface area contributed by atoms with E-state index in [0.717, 1.165) is 12.0 Å². The molecule has 0 radical (unpaired) electrons. The van der Waals surface area contributed by atoms with Gasteiger partial charge in [0, 0.05) is 11.4 Å². The van der Waals surface area contributed by atoms with E-state index in [9.17, 15) is 4.79 Å². The fourth-order valence-corrected chi connectivity index (χ4v) is 4.52. The van der Waals surface area contributed by atoms with Crippen molar-refractivity contribution in [3.05, 3.63) is 65.7 Å². The van der Waals surface area contributed by atoms with Crippen LogP contribution in [-0.2, 0) is 16.0 Å². The van der Waals surface area contributed by atoms with Crippen molar-refractivity contribution < 1.29 is 9.53 Å². The number of hydrogen-bond donors (Lipinski definition) is 0. The van der Waals surface area contributed by atoms with Crippen LogP contribution in [-0.4, -0.2) is 35.8 Å². The average Bonchev–Trinajstić information content (AvgIpc) is 3.06. The van der Waals surface area contributed by atoms with Gasteiger partial charge >= 0.3 is 0 Å². The normalized spacial score (nSPS) is 23.6. The van der Waals surface area contributed by atoms with Gasteiger partial charge in [0.2, 0.25) is 5.91 Å². The molecular formula is C19H19NO2S. The maximum atomic E-state index is 12.9. The maximum absolute atomic E-state index is 12.9. The third-order valence-electron chi connectivity index (χ3n) is 4.47. The molecule has 2 aliphatic rings. The van der Waals surface area contributed by atoms with Gasteiger partial charge in [-0.25, -0.2) is 0 Å². The van der Waals surface area contributed by atoms with Crippen molar-refractivity contribution in [2.24, 2.45) is 0 Å². The zero-order valence-corrected chi connectivity index (χ0v) is 13.7. The number of fused-ring (bicyclic) bond motifs is 1. The Hall–Kier alpha value is -1.78. The van der Waals surface area contributed by atoms with Crippen LogP contribution in [0, 0.1) is 0 Å². The molecule has 0 bridgehead atoms. The minimum atomic E-state index is -0.0114. The number of thioether (sulfide) groups is 1. The van der Waals surface area contributed by atoms with Crippen molar-refractivity contribution in [3.8, 4) is 0 Å². The number of carbonyl (C=O) groups excluding carboxylic acids is 1. The summed E-state index contributed by atoms with van der Waals surface area (Å²) in [5, 5.41) is 0.0157. The van der Waals surface area contributed by atoms with E-state index in [2.05, 4.69) is 24.3 Å². The summed E-state index contributed by atoms with van der Waals surface area (Å²) in [5.41, 5.74) is 2.44. The Kier molecular flexibility index (Phi) is 4.10. The third-order valence-corrected chi connectivity index (χ3v) is 5.78. The zero-order chi connectivity index (χ0) is 15.6. The van der Waals surface area contributed by atoms with E-state index in [1.807, 2.05) is 35.2 Å². The first-order valence-corrected chi connectivity index (χ1v) is 8.89. The van der Waals surface area contributed by atoms with E-state index in [4.69, 9.17) is 4.74 Å². The average molecular weight is 325 g/mol. The molecule has 2 aliphatic heterocycles. The molecule has 0 saturated carbocycles. The van der Waals surface area contributed by atoms with Crippen molar-refractivity contribution in [1.29, 1.82) is 0 Å². The minimum Gasteiger partial charge on any atom is -0.370 e. The SMILES string of the molecule is O=C(C1Cc2ccccc2S1)N1CCOC(c2ccccc2)C1. The smallest absolute Gasteiger partial charge is 0.236 e. The molecule has 2 aromatic carbocycles. The van der Waals surface area contributed by atoms with Crippen LogP contribution in [0.5, 0.6) is 0 Å². The number of hydrogen-bond acceptors (Lipinski definition) is 3. The number of rotatable bonds is 2. The fraction of sp³-hybridized carbons (Fsp3) is 0.316. The van der Waals surface area contributed by atoms with Crippen LogP contribution in [0.2, 0.25) is 0 Å². The Morgan fingerprint density at radius 2 is 1.87 bits per heavy atom. The summed E-state index contributed by atoms with van der Waals surface area (Å²) in [5.74, 6) is 0.246. The molecule has 0 aliphatic carbocycles. The van der Waals surface area contributed by atoms with E-state index < -0.39 is 0 Å². The molecule has 2 unspecified atom stereocenters. The highest BCUT2D eigenvalue weighted by molar-refractivity contribution is 8.01. The van der Waals surface area contributed by atoms with Gasteiger partial charge in [0.1, 0.15) is 6.10 Å². The number of carbonyl (C=O) groups is 1. The lowest BCUT2D eigenvalue weighted by Gasteiger charge is -2.34. The molecule has 0 aromatic heterocycles. The molecule has 4 rings (SSSR count). The van der Waals surface area contributed by atoms with Crippen molar-refractivity contribution in [1.82, 2.24) is 4.90 Å². The predicted molar refractivity (Wildman–Crippen MR) is 91.5 cm³/mol. The van der Waals surface area contributed by atoms with Gasteiger partial charge in [0.05, 0.1) is 18.4 Å². The van der Waals surface area contributed by atoms with Crippen LogP contribution in [0.4, 0.5) is 0 Å². The number of morpholine rings is 1. The van der Waals surface area contributed by atoms with Gasteiger partial charge in [-0.15, -0.1) is 11.8 Å². The summed E-state index contributed by atoms with van der Waals surface area (Å²) in [4.78, 5) is 16.1. The highest BCUT2D eigenvalue weighted by Crippen LogP contribution is 2.38. The second kappa shape index (κ2) is 6.38. The summed E-state index contributed by atoms with van der Waals surface area (Å²) in [6, 6.07) is 18.5. The Bertz CT molecular complexity index is 679. The highest BCUT2D eigenvalue weighted by Gasteiger charge is 2.34. The molecule has 2 heterocycles. The molecular weight excluding hydrogens is 306 g/mol. The molecule has 1 saturated heterocycles. The van der Waals surface area contributed by atoms with Crippen LogP contribution >= 0.6 is 11.8 Å². The fourth-order valence-electron chi connectivity index (χ4n) is 3.24. The second-order valence-electron chi connectivity index (χ2n) is 5.97. The predicted octanol–water partition coefficient (Wildman–Crippen LogP) is 3.30. The van der Waals surface area contributed by atoms with Gasteiger partial charge in [0.15, 0.2) is 0 Å². The van der Waals surface area contributed by atoms with Gasteiger partial charge < -0.3 is 9.64 Å². The van der Waals surface area contributed by atoms with E-state index in [1.54, 1.807) is 11.8 Å². The van der Waals surface area contributed by atoms with Gasteiger partial charge in [0.25, 0.3) is 0 Å². The minimum absolute atomic E-state index is 0.0114. The van der Waals surface area contributed by atoms with Crippen molar-refractivity contribution in [3.63, 3.8) is 0 Å². The van der Waals surface area contributed by atoms with Crippen LogP contribution in [0.15, 0.2) is 59.5 Å². The van der Waals surface area contributed by atoms with Gasteiger partial charge in [-0.3, -0.25) is 4.79 Å². The highest BCUT2D eigenvalue weighted by atomic mass is 32.2. The second-order valence-corrected chi connectivity index (χ2v) is 7.22. The monoisotopic (exact) mass is 325 g/mol. The van der Waals surface area contributed by atoms with Crippen molar-refractivity contribution in [2.75, 3.05) is 19.7 Å². The van der Waals surface area contributed by atoms with E-state index in [0.29, 0.717) is 19.7 Å². The number of amides is 1. The van der Waals surface area contributed by atoms with E-state index in [1.165, 1.54) is 10.5 Å². The van der Waals surface area contributed by atoms with Gasteiger partial charge in [-0.2, -0.15) is 0 Å². The number of ether oxygens (including phenoxy) is 1. The Morgan fingerprint density at radius 3 is 2.70 bits per heavy atom. The third kappa shape index (κ3) is 3.01. The summed E-state index contributed by atoms with van der Waals surface area (Å²) in [6.45, 7) is 1.95. The van der Waals surface area contributed by atoms with E-state index >= 15 is 0 Å². The number of nitrogens with zero attached hydrogens (tertiary/aromatic N) is 1. The lowest BCUT2D eigenvalue weighted by atomic mass is 10.1. The first-order chi connectivity index (χ1) is 11.3. The molecule has 1 amide bonds. The Balaban J connectivity index is 1.45. The molecule has 0 spiro atoms. The first-order valence-electron chi connectivity index (χ1n) is 8.01. The van der Waals surface area contributed by atoms with Crippen molar-refractivity contribution in [2.45, 2.75) is 22.7 Å². The summed E-state index contributed by atoms with van der Waals surface area (Å²) < 4.78 is 5.87. The zero-order valence-electron chi connectivity index (χ0n) is 12.9. The lowest BCUT2D eigenvalue weighted by Crippen LogP contribution is -2.45. The summed E-state index contributed by atoms with van der Waals surface area (Å²) >= 11 is 1.70. The van der Waals surface area contributed by atoms with Crippen LogP contribution in [0.25, 0.3) is 0 Å². The molecule has 2 aromatic rings. The quantitative estimate of drug-likeness (QED) is 0.848. The summed E-state index contributed by atoms with van der Waals surface area (Å²) in [7, 11) is 0. The summed E-state index contributed by atoms with van der Waals surface area (Å²) in [6.07, 6.45) is 0.829. The number of benzene rings is 2. The molecule has 4 heteroatoms. The molecule has 2 atom stereocenters. The van der Waals surface area contributed by atoms with Gasteiger partial charge in [-0.1, -0.05) is 48.5 Å². The standard InChI is InChI=1S/C19H19NO2S/c21-19(18-12-15-8-4-5-9-17(15)23-18)20-10-11-22-16(13-20)14-6-2-1-3-7-14/h1-9,16,18H,10-13H2. The van der Waals surface area contributed by atoms with Crippen molar-refractivity contribution >= 4 is 17.7 Å². The Morgan fingerprint density at radius 1 is 1.09 bits per heavy atom. The largest absolute Gasteiger partial charge is 0.370 e. The van der Waals surface area contributed by atoms with Crippen LogP contribution < -0.4 is 0 Å². The van der Waals surface area contributed by atoms with Gasteiger partial charge in [-0.05, 0) is 23.6 Å². The lowest BCUT2D eigenvalue weighted by molar-refractivity contribution is -0.138. The van der Waals surface area contributed by atoms with Crippen LogP contribution in [0.3, 0.4) is 0 Å². The van der Waals surface area contributed by atoms with E-state index in [-0.39, 0.29) is 17.3 Å². The Labute approximate surface area is 140 Å². The molecule has 23 heavy (non-hydrogen) atoms. The maximum Gasteiger partial charge on any atom is 0.236 e. The first kappa shape index (κ1) is 14.8. The topological polar surface area (TPSA) is 29.5 Å². The molecule has 1 fully saturated rings. The molecule has 3 nitrogen and oxygen atoms in total. The molecule has 118 valence electrons.